The van der Waals surface area contributed by atoms with Crippen LogP contribution in [0.15, 0.2) is 12.1 Å². The van der Waals surface area contributed by atoms with Gasteiger partial charge in [0.25, 0.3) is 0 Å². The molecule has 1 saturated carbocycles. The zero-order valence-corrected chi connectivity index (χ0v) is 15.3. The maximum absolute atomic E-state index is 12.0. The molecule has 0 spiro atoms. The highest BCUT2D eigenvalue weighted by Crippen LogP contribution is 2.51. The van der Waals surface area contributed by atoms with Crippen molar-refractivity contribution in [1.82, 2.24) is 0 Å². The van der Waals surface area contributed by atoms with E-state index in [9.17, 15) is 9.90 Å². The predicted octanol–water partition coefficient (Wildman–Crippen LogP) is 3.52. The second kappa shape index (κ2) is 5.84. The summed E-state index contributed by atoms with van der Waals surface area (Å²) < 4.78 is 10.5. The van der Waals surface area contributed by atoms with Crippen LogP contribution in [-0.4, -0.2) is 29.4 Å². The van der Waals surface area contributed by atoms with Crippen molar-refractivity contribution in [3.05, 3.63) is 17.7 Å². The normalized spacial score (nSPS) is 16.5. The van der Waals surface area contributed by atoms with Crippen molar-refractivity contribution in [2.24, 2.45) is 5.73 Å². The van der Waals surface area contributed by atoms with E-state index in [0.717, 1.165) is 18.4 Å². The number of methoxy groups -OCH3 is 1. The Morgan fingerprint density at radius 3 is 2.29 bits per heavy atom. The van der Waals surface area contributed by atoms with Gasteiger partial charge in [0.15, 0.2) is 11.5 Å². The van der Waals surface area contributed by atoms with Gasteiger partial charge in [0.05, 0.1) is 12.8 Å². The Morgan fingerprint density at radius 2 is 1.83 bits per heavy atom. The highest BCUT2D eigenvalue weighted by atomic mass is 16.6. The molecule has 1 aliphatic carbocycles. The molecule has 1 aromatic rings. The lowest BCUT2D eigenvalue weighted by Gasteiger charge is -2.33. The number of phenols is 1. The van der Waals surface area contributed by atoms with Crippen molar-refractivity contribution >= 4 is 11.8 Å². The van der Waals surface area contributed by atoms with Gasteiger partial charge in [-0.3, -0.25) is 5.32 Å². The number of hydrogen-bond acceptors (Lipinski definition) is 5. The Balaban J connectivity index is 2.37. The zero-order chi connectivity index (χ0) is 18.3. The molecule has 1 amide bonds. The Hall–Kier alpha value is -1.95. The largest absolute Gasteiger partial charge is 0.503 e. The molecule has 0 saturated heterocycles. The van der Waals surface area contributed by atoms with Gasteiger partial charge in [-0.05, 0) is 51.3 Å². The van der Waals surface area contributed by atoms with Gasteiger partial charge in [0.2, 0.25) is 0 Å². The van der Waals surface area contributed by atoms with Gasteiger partial charge in [-0.1, -0.05) is 13.8 Å². The van der Waals surface area contributed by atoms with Crippen LogP contribution < -0.4 is 15.8 Å². The minimum Gasteiger partial charge on any atom is -0.503 e. The van der Waals surface area contributed by atoms with E-state index in [4.69, 9.17) is 15.2 Å². The Kier molecular flexibility index (Phi) is 4.48. The molecule has 1 aromatic carbocycles. The van der Waals surface area contributed by atoms with Gasteiger partial charge >= 0.3 is 6.09 Å². The van der Waals surface area contributed by atoms with Crippen LogP contribution in [0.2, 0.25) is 0 Å². The van der Waals surface area contributed by atoms with E-state index in [1.165, 1.54) is 7.11 Å². The summed E-state index contributed by atoms with van der Waals surface area (Å²) in [6.07, 6.45) is 1.25. The average molecular weight is 336 g/mol. The van der Waals surface area contributed by atoms with Gasteiger partial charge in [0, 0.05) is 11.0 Å². The summed E-state index contributed by atoms with van der Waals surface area (Å²) in [7, 11) is 1.47. The molecule has 134 valence electrons. The highest BCUT2D eigenvalue weighted by Gasteiger charge is 2.52. The second-order valence-corrected chi connectivity index (χ2v) is 7.98. The number of carbonyl (C=O) groups is 1. The third-order valence-corrected chi connectivity index (χ3v) is 4.69. The van der Waals surface area contributed by atoms with Crippen molar-refractivity contribution < 1.29 is 19.4 Å². The van der Waals surface area contributed by atoms with Crippen LogP contribution in [0.4, 0.5) is 10.5 Å². The van der Waals surface area contributed by atoms with E-state index in [-0.39, 0.29) is 28.1 Å². The van der Waals surface area contributed by atoms with E-state index in [0.29, 0.717) is 0 Å². The van der Waals surface area contributed by atoms with Crippen LogP contribution in [-0.2, 0) is 10.2 Å². The van der Waals surface area contributed by atoms with E-state index in [2.05, 4.69) is 19.2 Å². The molecule has 1 aliphatic rings. The fourth-order valence-electron chi connectivity index (χ4n) is 2.68. The fraction of sp³-hybridized carbons (Fsp3) is 0.611. The number of benzene rings is 1. The number of amides is 1. The number of nitrogens with two attached hydrogens (primary N) is 1. The molecule has 4 N–H and O–H groups in total. The lowest BCUT2D eigenvalue weighted by molar-refractivity contribution is 0.0635. The molecule has 24 heavy (non-hydrogen) atoms. The molecule has 6 nitrogen and oxygen atoms in total. The zero-order valence-electron chi connectivity index (χ0n) is 15.3. The number of anilines is 1. The van der Waals surface area contributed by atoms with Crippen molar-refractivity contribution in [2.45, 2.75) is 64.0 Å². The van der Waals surface area contributed by atoms with Gasteiger partial charge in [0.1, 0.15) is 5.60 Å². The fourth-order valence-corrected chi connectivity index (χ4v) is 2.68. The monoisotopic (exact) mass is 336 g/mol. The molecule has 0 unspecified atom stereocenters. The maximum Gasteiger partial charge on any atom is 0.412 e. The molecule has 0 bridgehead atoms. The minimum absolute atomic E-state index is 0.134. The van der Waals surface area contributed by atoms with Crippen molar-refractivity contribution in [3.8, 4) is 11.5 Å². The summed E-state index contributed by atoms with van der Waals surface area (Å²) in [5.41, 5.74) is 6.31. The first-order valence-corrected chi connectivity index (χ1v) is 8.10. The van der Waals surface area contributed by atoms with Crippen LogP contribution in [0.25, 0.3) is 0 Å². The third kappa shape index (κ3) is 3.59. The van der Waals surface area contributed by atoms with Crippen molar-refractivity contribution in [1.29, 1.82) is 0 Å². The van der Waals surface area contributed by atoms with Gasteiger partial charge in [-0.15, -0.1) is 0 Å². The van der Waals surface area contributed by atoms with E-state index in [1.54, 1.807) is 32.9 Å². The predicted molar refractivity (Wildman–Crippen MR) is 93.7 cm³/mol. The summed E-state index contributed by atoms with van der Waals surface area (Å²) in [4.78, 5) is 12.0. The third-order valence-electron chi connectivity index (χ3n) is 4.69. The van der Waals surface area contributed by atoms with Gasteiger partial charge < -0.3 is 20.3 Å². The van der Waals surface area contributed by atoms with Gasteiger partial charge in [-0.25, -0.2) is 4.79 Å². The number of carbonyl (C=O) groups excluding carboxylic acids is 1. The molecule has 0 aliphatic heterocycles. The van der Waals surface area contributed by atoms with Crippen LogP contribution in [0.3, 0.4) is 0 Å². The first-order valence-electron chi connectivity index (χ1n) is 8.10. The summed E-state index contributed by atoms with van der Waals surface area (Å²) in [5, 5.41) is 12.9. The van der Waals surface area contributed by atoms with Crippen molar-refractivity contribution in [2.75, 3.05) is 12.4 Å². The standard InChI is InChI=1S/C18H28N2O4/c1-16(2,3)24-15(22)20-12-9-11(10-13(23-6)14(12)21)17(4,5)18(19)7-8-18/h9-10,21H,7-8,19H2,1-6H3,(H,20,22). The Bertz CT molecular complexity index is 643. The van der Waals surface area contributed by atoms with Crippen LogP contribution in [0.1, 0.15) is 53.0 Å². The second-order valence-electron chi connectivity index (χ2n) is 7.98. The van der Waals surface area contributed by atoms with Gasteiger partial charge in [-0.2, -0.15) is 0 Å². The molecule has 1 fully saturated rings. The maximum atomic E-state index is 12.0. The first-order chi connectivity index (χ1) is 10.9. The highest BCUT2D eigenvalue weighted by molar-refractivity contribution is 5.88. The lowest BCUT2D eigenvalue weighted by Crippen LogP contribution is -2.43. The van der Waals surface area contributed by atoms with E-state index >= 15 is 0 Å². The molecule has 0 heterocycles. The number of ether oxygens (including phenoxy) is 2. The molecular formula is C18H28N2O4. The summed E-state index contributed by atoms with van der Waals surface area (Å²) in [6.45, 7) is 9.44. The molecule has 6 heteroatoms. The lowest BCUT2D eigenvalue weighted by atomic mass is 9.75. The smallest absolute Gasteiger partial charge is 0.412 e. The first kappa shape index (κ1) is 18.4. The number of rotatable bonds is 4. The number of hydrogen-bond donors (Lipinski definition) is 3. The molecule has 0 radical (unpaired) electrons. The summed E-state index contributed by atoms with van der Waals surface area (Å²) in [5.74, 6) is 0.153. The molecule has 2 rings (SSSR count). The Morgan fingerprint density at radius 1 is 1.25 bits per heavy atom. The summed E-state index contributed by atoms with van der Waals surface area (Å²) >= 11 is 0. The molecule has 0 aromatic heterocycles. The number of phenolic OH excluding ortho intramolecular Hbond substituents is 1. The van der Waals surface area contributed by atoms with Crippen molar-refractivity contribution in [3.63, 3.8) is 0 Å². The van der Waals surface area contributed by atoms with E-state index < -0.39 is 11.7 Å². The Labute approximate surface area is 143 Å². The number of nitrogens with one attached hydrogen (secondary N) is 1. The topological polar surface area (TPSA) is 93.8 Å². The van der Waals surface area contributed by atoms with Crippen LogP contribution in [0.5, 0.6) is 11.5 Å². The quantitative estimate of drug-likeness (QED) is 0.731. The average Bonchev–Trinajstić information content (AvgIpc) is 3.18. The van der Waals surface area contributed by atoms with Crippen LogP contribution in [0, 0.1) is 0 Å². The van der Waals surface area contributed by atoms with Crippen LogP contribution >= 0.6 is 0 Å². The SMILES string of the molecule is COc1cc(C(C)(C)C2(N)CC2)cc(NC(=O)OC(C)(C)C)c1O. The minimum atomic E-state index is -0.635. The summed E-state index contributed by atoms with van der Waals surface area (Å²) in [6, 6.07) is 3.50. The van der Waals surface area contributed by atoms with E-state index in [1.807, 2.05) is 0 Å². The molecule has 0 atom stereocenters. The number of aromatic hydroxyl groups is 1. The molecular weight excluding hydrogens is 308 g/mol.